The number of fused-ring (bicyclic) bond motifs is 3. The number of rotatable bonds is 1. The second-order valence-corrected chi connectivity index (χ2v) is 6.48. The zero-order valence-electron chi connectivity index (χ0n) is 13.6. The lowest BCUT2D eigenvalue weighted by Crippen LogP contribution is -2.49. The summed E-state index contributed by atoms with van der Waals surface area (Å²) in [4.78, 5) is 17.0. The van der Waals surface area contributed by atoms with E-state index in [1.54, 1.807) is 24.0 Å². The van der Waals surface area contributed by atoms with Crippen molar-refractivity contribution in [1.82, 2.24) is 0 Å². The van der Waals surface area contributed by atoms with Crippen LogP contribution in [0.1, 0.15) is 18.4 Å². The molecule has 1 N–H and O–H groups in total. The van der Waals surface area contributed by atoms with Crippen molar-refractivity contribution in [1.29, 1.82) is 0 Å². The number of para-hydroxylation sites is 2. The highest BCUT2D eigenvalue weighted by Crippen LogP contribution is 2.39. The van der Waals surface area contributed by atoms with Gasteiger partial charge in [0.2, 0.25) is 0 Å². The van der Waals surface area contributed by atoms with Crippen molar-refractivity contribution in [3.63, 3.8) is 0 Å². The molecule has 2 heterocycles. The fraction of sp³-hybridized carbons (Fsp3) is 0.316. The predicted octanol–water partition coefficient (Wildman–Crippen LogP) is 4.16. The third-order valence-electron chi connectivity index (χ3n) is 4.92. The third-order valence-corrected chi connectivity index (χ3v) is 4.92. The summed E-state index contributed by atoms with van der Waals surface area (Å²) >= 11 is 0. The van der Waals surface area contributed by atoms with E-state index in [4.69, 9.17) is 0 Å². The lowest BCUT2D eigenvalue weighted by atomic mass is 10.1. The number of amides is 2. The van der Waals surface area contributed by atoms with Gasteiger partial charge in [-0.15, -0.1) is 0 Å². The average Bonchev–Trinajstić information content (AvgIpc) is 3.06. The number of anilines is 3. The lowest BCUT2D eigenvalue weighted by Gasteiger charge is -2.40. The van der Waals surface area contributed by atoms with Crippen LogP contribution in [0.4, 0.5) is 26.2 Å². The second-order valence-electron chi connectivity index (χ2n) is 6.48. The van der Waals surface area contributed by atoms with E-state index >= 15 is 0 Å². The molecule has 0 spiro atoms. The Morgan fingerprint density at radius 3 is 2.79 bits per heavy atom. The van der Waals surface area contributed by atoms with Gasteiger partial charge in [-0.05, 0) is 49.6 Å². The first-order chi connectivity index (χ1) is 11.6. The number of nitrogens with zero attached hydrogens (tertiary/aromatic N) is 2. The highest BCUT2D eigenvalue weighted by Gasteiger charge is 2.36. The van der Waals surface area contributed by atoms with Crippen LogP contribution in [0.3, 0.4) is 0 Å². The summed E-state index contributed by atoms with van der Waals surface area (Å²) in [5.74, 6) is -0.311. The topological polar surface area (TPSA) is 35.6 Å². The number of aryl methyl sites for hydroxylation is 1. The first-order valence-electron chi connectivity index (χ1n) is 8.34. The molecule has 2 aromatic rings. The van der Waals surface area contributed by atoms with Gasteiger partial charge in [-0.2, -0.15) is 0 Å². The van der Waals surface area contributed by atoms with Gasteiger partial charge in [0.25, 0.3) is 0 Å². The minimum absolute atomic E-state index is 0.211. The van der Waals surface area contributed by atoms with E-state index in [1.165, 1.54) is 6.07 Å². The molecule has 0 aromatic heterocycles. The molecule has 2 aromatic carbocycles. The number of nitrogens with one attached hydrogen (secondary N) is 1. The third kappa shape index (κ3) is 2.50. The first-order valence-corrected chi connectivity index (χ1v) is 8.34. The standard InChI is InChI=1S/C19H20FN3O/c1-13-8-9-14(11-16(13)20)21-19(24)23-12-15-5-4-10-22(15)17-6-2-3-7-18(17)23/h2-3,6-9,11,15H,4-5,10,12H2,1H3,(H,21,24). The highest BCUT2D eigenvalue weighted by atomic mass is 19.1. The smallest absolute Gasteiger partial charge is 0.326 e. The Morgan fingerprint density at radius 2 is 2.00 bits per heavy atom. The molecule has 2 aliphatic rings. The number of hydrogen-bond acceptors (Lipinski definition) is 2. The number of carbonyl (C=O) groups is 1. The molecular weight excluding hydrogens is 305 g/mol. The van der Waals surface area contributed by atoms with Gasteiger partial charge in [0.1, 0.15) is 5.82 Å². The normalized spacial score (nSPS) is 19.0. The van der Waals surface area contributed by atoms with E-state index in [-0.39, 0.29) is 11.8 Å². The molecule has 5 heteroatoms. The van der Waals surface area contributed by atoms with Crippen LogP contribution in [-0.4, -0.2) is 25.2 Å². The Bertz CT molecular complexity index is 792. The molecule has 0 bridgehead atoms. The second kappa shape index (κ2) is 5.82. The summed E-state index contributed by atoms with van der Waals surface area (Å²) < 4.78 is 13.7. The molecule has 124 valence electrons. The van der Waals surface area contributed by atoms with Gasteiger partial charge < -0.3 is 10.2 Å². The van der Waals surface area contributed by atoms with Gasteiger partial charge in [-0.3, -0.25) is 4.90 Å². The largest absolute Gasteiger partial charge is 0.365 e. The van der Waals surface area contributed by atoms with Crippen LogP contribution in [-0.2, 0) is 0 Å². The van der Waals surface area contributed by atoms with E-state index in [2.05, 4.69) is 16.3 Å². The molecule has 1 atom stereocenters. The van der Waals surface area contributed by atoms with Crippen LogP contribution in [0, 0.1) is 12.7 Å². The Morgan fingerprint density at radius 1 is 1.21 bits per heavy atom. The van der Waals surface area contributed by atoms with Crippen LogP contribution >= 0.6 is 0 Å². The van der Waals surface area contributed by atoms with E-state index in [0.717, 1.165) is 30.8 Å². The molecule has 4 rings (SSSR count). The Hall–Kier alpha value is -2.56. The maximum Gasteiger partial charge on any atom is 0.326 e. The van der Waals surface area contributed by atoms with Crippen molar-refractivity contribution in [3.05, 3.63) is 53.8 Å². The molecule has 2 amide bonds. The number of benzene rings is 2. The Kier molecular flexibility index (Phi) is 3.63. The molecule has 0 radical (unpaired) electrons. The van der Waals surface area contributed by atoms with E-state index in [9.17, 15) is 9.18 Å². The fourth-order valence-corrected chi connectivity index (χ4v) is 3.64. The predicted molar refractivity (Wildman–Crippen MR) is 94.3 cm³/mol. The van der Waals surface area contributed by atoms with Crippen molar-refractivity contribution in [3.8, 4) is 0 Å². The van der Waals surface area contributed by atoms with Crippen molar-refractivity contribution in [2.75, 3.05) is 28.2 Å². The minimum atomic E-state index is -0.311. The highest BCUT2D eigenvalue weighted by molar-refractivity contribution is 6.04. The van der Waals surface area contributed by atoms with E-state index in [1.807, 2.05) is 18.2 Å². The lowest BCUT2D eigenvalue weighted by molar-refractivity contribution is 0.256. The molecule has 0 saturated carbocycles. The molecule has 4 nitrogen and oxygen atoms in total. The zero-order valence-corrected chi connectivity index (χ0v) is 13.6. The first kappa shape index (κ1) is 15.0. The molecule has 0 aliphatic carbocycles. The molecular formula is C19H20FN3O. The monoisotopic (exact) mass is 325 g/mol. The van der Waals surface area contributed by atoms with Gasteiger partial charge >= 0.3 is 6.03 Å². The van der Waals surface area contributed by atoms with Crippen LogP contribution < -0.4 is 15.1 Å². The fourth-order valence-electron chi connectivity index (χ4n) is 3.64. The van der Waals surface area contributed by atoms with Crippen molar-refractivity contribution < 1.29 is 9.18 Å². The number of urea groups is 1. The van der Waals surface area contributed by atoms with Gasteiger partial charge in [0, 0.05) is 24.8 Å². The number of hydrogen-bond donors (Lipinski definition) is 1. The SMILES string of the molecule is Cc1ccc(NC(=O)N2CC3CCCN3c3ccccc32)cc1F. The van der Waals surface area contributed by atoms with Gasteiger partial charge in [0.05, 0.1) is 11.4 Å². The van der Waals surface area contributed by atoms with Gasteiger partial charge in [-0.1, -0.05) is 18.2 Å². The van der Waals surface area contributed by atoms with Crippen molar-refractivity contribution >= 4 is 23.1 Å². The molecule has 1 fully saturated rings. The molecule has 24 heavy (non-hydrogen) atoms. The summed E-state index contributed by atoms with van der Waals surface area (Å²) in [5.41, 5.74) is 3.07. The van der Waals surface area contributed by atoms with Crippen molar-refractivity contribution in [2.45, 2.75) is 25.8 Å². The van der Waals surface area contributed by atoms with Gasteiger partial charge in [-0.25, -0.2) is 9.18 Å². The van der Waals surface area contributed by atoms with E-state index in [0.29, 0.717) is 23.8 Å². The molecule has 1 saturated heterocycles. The van der Waals surface area contributed by atoms with Crippen molar-refractivity contribution in [2.24, 2.45) is 0 Å². The Labute approximate surface area is 140 Å². The number of carbonyl (C=O) groups excluding carboxylic acids is 1. The summed E-state index contributed by atoms with van der Waals surface area (Å²) in [6.07, 6.45) is 2.24. The molecule has 1 unspecified atom stereocenters. The minimum Gasteiger partial charge on any atom is -0.365 e. The van der Waals surface area contributed by atoms with Crippen LogP contribution in [0.15, 0.2) is 42.5 Å². The summed E-state index contributed by atoms with van der Waals surface area (Å²) in [7, 11) is 0. The maximum atomic E-state index is 13.7. The maximum absolute atomic E-state index is 13.7. The molecule has 2 aliphatic heterocycles. The van der Waals surface area contributed by atoms with E-state index < -0.39 is 0 Å². The van der Waals surface area contributed by atoms with Crippen LogP contribution in [0.25, 0.3) is 0 Å². The quantitative estimate of drug-likeness (QED) is 0.855. The summed E-state index contributed by atoms with van der Waals surface area (Å²) in [6, 6.07) is 12.9. The average molecular weight is 325 g/mol. The zero-order chi connectivity index (χ0) is 16.7. The summed E-state index contributed by atoms with van der Waals surface area (Å²) in [5, 5.41) is 2.83. The Balaban J connectivity index is 1.62. The van der Waals surface area contributed by atoms with Gasteiger partial charge in [0.15, 0.2) is 0 Å². The number of halogens is 1. The van der Waals surface area contributed by atoms with Crippen LogP contribution in [0.2, 0.25) is 0 Å². The van der Waals surface area contributed by atoms with Crippen LogP contribution in [0.5, 0.6) is 0 Å². The summed E-state index contributed by atoms with van der Waals surface area (Å²) in [6.45, 7) is 3.41.